The van der Waals surface area contributed by atoms with Gasteiger partial charge in [-0.15, -0.1) is 0 Å². The fraction of sp³-hybridized carbons (Fsp3) is 0.250. The van der Waals surface area contributed by atoms with Crippen LogP contribution in [0.4, 0.5) is 0 Å². The molecule has 0 spiro atoms. The van der Waals surface area contributed by atoms with E-state index in [2.05, 4.69) is 0 Å². The Kier molecular flexibility index (Phi) is 6.43. The summed E-state index contributed by atoms with van der Waals surface area (Å²) in [5.41, 5.74) is 1.99. The molecule has 1 amide bonds. The standard InChI is InChI=1S/C20H23NO3/c1-4-24-19-14-16(10-12-18(19)23-3)11-13-20(22)21(2)15-17-8-6-5-7-9-17/h5-14H,4,15H2,1-3H3. The highest BCUT2D eigenvalue weighted by Gasteiger charge is 2.07. The van der Waals surface area contributed by atoms with Crippen LogP contribution in [0.1, 0.15) is 18.1 Å². The Morgan fingerprint density at radius 3 is 2.54 bits per heavy atom. The van der Waals surface area contributed by atoms with E-state index in [1.807, 2.05) is 55.5 Å². The summed E-state index contributed by atoms with van der Waals surface area (Å²) in [7, 11) is 3.40. The summed E-state index contributed by atoms with van der Waals surface area (Å²) in [5, 5.41) is 0. The second-order valence-corrected chi connectivity index (χ2v) is 5.36. The molecule has 0 aliphatic heterocycles. The van der Waals surface area contributed by atoms with Crippen LogP contribution in [-0.2, 0) is 11.3 Å². The first-order chi connectivity index (χ1) is 11.6. The number of amides is 1. The lowest BCUT2D eigenvalue weighted by atomic mass is 10.1. The first-order valence-corrected chi connectivity index (χ1v) is 7.92. The zero-order chi connectivity index (χ0) is 17.4. The van der Waals surface area contributed by atoms with Crippen LogP contribution in [0.2, 0.25) is 0 Å². The number of hydrogen-bond donors (Lipinski definition) is 0. The molecular formula is C20H23NO3. The van der Waals surface area contributed by atoms with Gasteiger partial charge in [-0.05, 0) is 36.3 Å². The maximum atomic E-state index is 12.2. The van der Waals surface area contributed by atoms with Gasteiger partial charge in [0, 0.05) is 19.7 Å². The summed E-state index contributed by atoms with van der Waals surface area (Å²) in [6.07, 6.45) is 3.35. The highest BCUT2D eigenvalue weighted by molar-refractivity contribution is 5.91. The Morgan fingerprint density at radius 1 is 1.12 bits per heavy atom. The molecule has 0 bridgehead atoms. The smallest absolute Gasteiger partial charge is 0.246 e. The second kappa shape index (κ2) is 8.77. The highest BCUT2D eigenvalue weighted by Crippen LogP contribution is 2.28. The molecule has 0 radical (unpaired) electrons. The van der Waals surface area contributed by atoms with Crippen LogP contribution >= 0.6 is 0 Å². The number of carbonyl (C=O) groups excluding carboxylic acids is 1. The van der Waals surface area contributed by atoms with E-state index in [1.54, 1.807) is 31.2 Å². The molecule has 24 heavy (non-hydrogen) atoms. The minimum Gasteiger partial charge on any atom is -0.493 e. The minimum atomic E-state index is -0.0485. The maximum absolute atomic E-state index is 12.2. The molecule has 4 nitrogen and oxygen atoms in total. The molecule has 0 unspecified atom stereocenters. The molecule has 0 saturated carbocycles. The van der Waals surface area contributed by atoms with E-state index >= 15 is 0 Å². The van der Waals surface area contributed by atoms with Gasteiger partial charge in [-0.1, -0.05) is 36.4 Å². The number of methoxy groups -OCH3 is 1. The van der Waals surface area contributed by atoms with E-state index in [4.69, 9.17) is 9.47 Å². The molecule has 0 aliphatic rings. The number of hydrogen-bond acceptors (Lipinski definition) is 3. The third kappa shape index (κ3) is 4.88. The van der Waals surface area contributed by atoms with Crippen molar-refractivity contribution in [3.63, 3.8) is 0 Å². The second-order valence-electron chi connectivity index (χ2n) is 5.36. The van der Waals surface area contributed by atoms with Gasteiger partial charge < -0.3 is 14.4 Å². The van der Waals surface area contributed by atoms with E-state index in [1.165, 1.54) is 0 Å². The Hall–Kier alpha value is -2.75. The van der Waals surface area contributed by atoms with Crippen LogP contribution in [0.15, 0.2) is 54.6 Å². The minimum absolute atomic E-state index is 0.0485. The quantitative estimate of drug-likeness (QED) is 0.728. The van der Waals surface area contributed by atoms with Crippen LogP contribution in [0.5, 0.6) is 11.5 Å². The summed E-state index contributed by atoms with van der Waals surface area (Å²) in [5.74, 6) is 1.31. The van der Waals surface area contributed by atoms with E-state index in [9.17, 15) is 4.79 Å². The lowest BCUT2D eigenvalue weighted by molar-refractivity contribution is -0.125. The van der Waals surface area contributed by atoms with E-state index in [0.29, 0.717) is 24.7 Å². The molecule has 2 aromatic rings. The third-order valence-corrected chi connectivity index (χ3v) is 3.54. The fourth-order valence-corrected chi connectivity index (χ4v) is 2.30. The normalized spacial score (nSPS) is 10.6. The summed E-state index contributed by atoms with van der Waals surface area (Å²) < 4.78 is 10.8. The topological polar surface area (TPSA) is 38.8 Å². The summed E-state index contributed by atoms with van der Waals surface area (Å²) in [6.45, 7) is 3.06. The molecular weight excluding hydrogens is 302 g/mol. The van der Waals surface area contributed by atoms with Crippen LogP contribution in [0, 0.1) is 0 Å². The molecule has 0 N–H and O–H groups in total. The Balaban J connectivity index is 2.04. The summed E-state index contributed by atoms with van der Waals surface area (Å²) in [6, 6.07) is 15.5. The SMILES string of the molecule is CCOc1cc(C=CC(=O)N(C)Cc2ccccc2)ccc1OC. The van der Waals surface area contributed by atoms with E-state index in [-0.39, 0.29) is 5.91 Å². The van der Waals surface area contributed by atoms with Crippen molar-refractivity contribution in [2.45, 2.75) is 13.5 Å². The van der Waals surface area contributed by atoms with Crippen molar-refractivity contribution in [1.29, 1.82) is 0 Å². The predicted octanol–water partition coefficient (Wildman–Crippen LogP) is 3.77. The molecule has 126 valence electrons. The van der Waals surface area contributed by atoms with Gasteiger partial charge in [0.15, 0.2) is 11.5 Å². The number of nitrogens with zero attached hydrogens (tertiary/aromatic N) is 1. The molecule has 2 rings (SSSR count). The predicted molar refractivity (Wildman–Crippen MR) is 96.1 cm³/mol. The van der Waals surface area contributed by atoms with Crippen molar-refractivity contribution in [2.24, 2.45) is 0 Å². The van der Waals surface area contributed by atoms with Gasteiger partial charge in [0.2, 0.25) is 5.91 Å². The van der Waals surface area contributed by atoms with Gasteiger partial charge >= 0.3 is 0 Å². The van der Waals surface area contributed by atoms with E-state index < -0.39 is 0 Å². The van der Waals surface area contributed by atoms with Gasteiger partial charge in [-0.25, -0.2) is 0 Å². The van der Waals surface area contributed by atoms with Gasteiger partial charge in [-0.3, -0.25) is 4.79 Å². The van der Waals surface area contributed by atoms with Crippen molar-refractivity contribution in [1.82, 2.24) is 4.90 Å². The van der Waals surface area contributed by atoms with E-state index in [0.717, 1.165) is 11.1 Å². The molecule has 2 aromatic carbocycles. The first-order valence-electron chi connectivity index (χ1n) is 7.92. The number of ether oxygens (including phenoxy) is 2. The number of benzene rings is 2. The van der Waals surface area contributed by atoms with Crippen molar-refractivity contribution >= 4 is 12.0 Å². The number of rotatable bonds is 7. The van der Waals surface area contributed by atoms with Crippen molar-refractivity contribution in [2.75, 3.05) is 20.8 Å². The average Bonchev–Trinajstić information content (AvgIpc) is 2.61. The zero-order valence-electron chi connectivity index (χ0n) is 14.4. The molecule has 0 heterocycles. The molecule has 0 aliphatic carbocycles. The zero-order valence-corrected chi connectivity index (χ0v) is 14.4. The Labute approximate surface area is 143 Å². The van der Waals surface area contributed by atoms with Crippen LogP contribution in [0.25, 0.3) is 6.08 Å². The largest absolute Gasteiger partial charge is 0.493 e. The Morgan fingerprint density at radius 2 is 1.88 bits per heavy atom. The lowest BCUT2D eigenvalue weighted by Gasteiger charge is -2.15. The van der Waals surface area contributed by atoms with Crippen molar-refractivity contribution in [3.05, 3.63) is 65.7 Å². The van der Waals surface area contributed by atoms with Gasteiger partial charge in [0.1, 0.15) is 0 Å². The molecule has 0 aromatic heterocycles. The van der Waals surface area contributed by atoms with Crippen LogP contribution in [0.3, 0.4) is 0 Å². The highest BCUT2D eigenvalue weighted by atomic mass is 16.5. The van der Waals surface area contributed by atoms with Gasteiger partial charge in [0.25, 0.3) is 0 Å². The first kappa shape index (κ1) is 17.6. The summed E-state index contributed by atoms with van der Waals surface area (Å²) in [4.78, 5) is 13.9. The van der Waals surface area contributed by atoms with Crippen LogP contribution < -0.4 is 9.47 Å². The fourth-order valence-electron chi connectivity index (χ4n) is 2.30. The molecule has 0 atom stereocenters. The van der Waals surface area contributed by atoms with Crippen LogP contribution in [-0.4, -0.2) is 31.6 Å². The maximum Gasteiger partial charge on any atom is 0.246 e. The summed E-state index contributed by atoms with van der Waals surface area (Å²) >= 11 is 0. The molecule has 0 saturated heterocycles. The van der Waals surface area contributed by atoms with Crippen molar-refractivity contribution < 1.29 is 14.3 Å². The monoisotopic (exact) mass is 325 g/mol. The van der Waals surface area contributed by atoms with Gasteiger partial charge in [-0.2, -0.15) is 0 Å². The Bertz CT molecular complexity index is 695. The number of likely N-dealkylation sites (N-methyl/N-ethyl adjacent to an activating group) is 1. The lowest BCUT2D eigenvalue weighted by Crippen LogP contribution is -2.24. The average molecular weight is 325 g/mol. The third-order valence-electron chi connectivity index (χ3n) is 3.54. The van der Waals surface area contributed by atoms with Gasteiger partial charge in [0.05, 0.1) is 13.7 Å². The van der Waals surface area contributed by atoms with Crippen molar-refractivity contribution in [3.8, 4) is 11.5 Å². The number of carbonyl (C=O) groups is 1. The molecule has 0 fully saturated rings. The molecule has 4 heteroatoms.